The predicted octanol–water partition coefficient (Wildman–Crippen LogP) is 2.75. The first kappa shape index (κ1) is 17.7. The molecule has 2 heterocycles. The highest BCUT2D eigenvalue weighted by atomic mass is 16.5. The van der Waals surface area contributed by atoms with Gasteiger partial charge < -0.3 is 14.5 Å². The molecular weight excluding hydrogens is 332 g/mol. The second kappa shape index (κ2) is 7.82. The molecule has 3 aromatic rings. The minimum Gasteiger partial charge on any atom is -0.497 e. The monoisotopic (exact) mass is 352 g/mol. The summed E-state index contributed by atoms with van der Waals surface area (Å²) in [7, 11) is 1.56. The Morgan fingerprint density at radius 1 is 1.27 bits per heavy atom. The van der Waals surface area contributed by atoms with Gasteiger partial charge in [-0.3, -0.25) is 9.78 Å². The molecule has 134 valence electrons. The Kier molecular flexibility index (Phi) is 5.31. The number of rotatable bonds is 6. The van der Waals surface area contributed by atoms with Gasteiger partial charge in [-0.15, -0.1) is 0 Å². The van der Waals surface area contributed by atoms with Crippen LogP contribution in [0.3, 0.4) is 0 Å². The van der Waals surface area contributed by atoms with Gasteiger partial charge in [-0.05, 0) is 43.2 Å². The molecule has 0 fully saturated rings. The van der Waals surface area contributed by atoms with Gasteiger partial charge in [-0.25, -0.2) is 4.79 Å². The van der Waals surface area contributed by atoms with Gasteiger partial charge in [0, 0.05) is 29.6 Å². The summed E-state index contributed by atoms with van der Waals surface area (Å²) in [4.78, 5) is 28.5. The maximum Gasteiger partial charge on any atom is 0.339 e. The second-order valence-corrected chi connectivity index (χ2v) is 5.95. The number of benzene rings is 1. The van der Waals surface area contributed by atoms with Crippen molar-refractivity contribution in [2.45, 2.75) is 26.3 Å². The summed E-state index contributed by atoms with van der Waals surface area (Å²) in [6.07, 6.45) is 2.21. The summed E-state index contributed by atoms with van der Waals surface area (Å²) in [5, 5.41) is 3.65. The van der Waals surface area contributed by atoms with E-state index >= 15 is 0 Å². The van der Waals surface area contributed by atoms with E-state index in [2.05, 4.69) is 10.3 Å². The van der Waals surface area contributed by atoms with Crippen molar-refractivity contribution in [1.82, 2.24) is 10.3 Å². The third-order valence-electron chi connectivity index (χ3n) is 4.29. The average molecular weight is 352 g/mol. The molecule has 0 bridgehead atoms. The number of ether oxygens (including phenoxy) is 1. The van der Waals surface area contributed by atoms with Gasteiger partial charge in [0.1, 0.15) is 11.3 Å². The fraction of sp³-hybridized carbons (Fsp3) is 0.250. The molecule has 0 saturated carbocycles. The Bertz CT molecular complexity index is 980. The molecule has 1 N–H and O–H groups in total. The van der Waals surface area contributed by atoms with Gasteiger partial charge in [0.2, 0.25) is 5.91 Å². The van der Waals surface area contributed by atoms with Gasteiger partial charge in [-0.1, -0.05) is 6.07 Å². The van der Waals surface area contributed by atoms with Crippen LogP contribution in [-0.4, -0.2) is 18.0 Å². The zero-order valence-electron chi connectivity index (χ0n) is 14.7. The second-order valence-electron chi connectivity index (χ2n) is 5.95. The Morgan fingerprint density at radius 2 is 2.12 bits per heavy atom. The smallest absolute Gasteiger partial charge is 0.339 e. The Hall–Kier alpha value is -3.15. The molecule has 0 unspecified atom stereocenters. The summed E-state index contributed by atoms with van der Waals surface area (Å²) < 4.78 is 10.6. The molecule has 1 amide bonds. The van der Waals surface area contributed by atoms with Crippen molar-refractivity contribution >= 4 is 16.9 Å². The van der Waals surface area contributed by atoms with Crippen molar-refractivity contribution in [3.63, 3.8) is 0 Å². The van der Waals surface area contributed by atoms with Crippen molar-refractivity contribution in [2.24, 2.45) is 0 Å². The van der Waals surface area contributed by atoms with E-state index in [1.165, 1.54) is 0 Å². The lowest BCUT2D eigenvalue weighted by Gasteiger charge is -2.09. The Balaban J connectivity index is 1.70. The van der Waals surface area contributed by atoms with Crippen LogP contribution in [0.25, 0.3) is 11.0 Å². The van der Waals surface area contributed by atoms with Gasteiger partial charge in [0.05, 0.1) is 19.3 Å². The van der Waals surface area contributed by atoms with E-state index in [0.29, 0.717) is 29.9 Å². The largest absolute Gasteiger partial charge is 0.497 e. The number of pyridine rings is 1. The molecule has 2 aromatic heterocycles. The van der Waals surface area contributed by atoms with E-state index in [0.717, 1.165) is 16.6 Å². The average Bonchev–Trinajstić information content (AvgIpc) is 2.66. The number of methoxy groups -OCH3 is 1. The highest BCUT2D eigenvalue weighted by Crippen LogP contribution is 2.24. The van der Waals surface area contributed by atoms with Crippen LogP contribution in [0, 0.1) is 6.92 Å². The molecule has 6 heteroatoms. The quantitative estimate of drug-likeness (QED) is 0.690. The fourth-order valence-corrected chi connectivity index (χ4v) is 2.81. The minimum atomic E-state index is -0.416. The molecule has 0 radical (unpaired) electrons. The van der Waals surface area contributed by atoms with E-state index in [1.54, 1.807) is 19.4 Å². The van der Waals surface area contributed by atoms with Gasteiger partial charge in [-0.2, -0.15) is 0 Å². The summed E-state index contributed by atoms with van der Waals surface area (Å²) in [5.41, 5.74) is 2.21. The number of nitrogens with zero attached hydrogens (tertiary/aromatic N) is 1. The number of carbonyl (C=O) groups excluding carboxylic acids is 1. The molecule has 0 aliphatic rings. The van der Waals surface area contributed by atoms with E-state index in [-0.39, 0.29) is 12.3 Å². The van der Waals surface area contributed by atoms with Crippen molar-refractivity contribution in [3.05, 3.63) is 69.8 Å². The highest BCUT2D eigenvalue weighted by molar-refractivity contribution is 5.82. The maximum atomic E-state index is 12.3. The SMILES string of the molecule is COc1ccc2c(C)c(CCC(=O)NCc3ccccn3)c(=O)oc2c1. The molecule has 3 rings (SSSR count). The van der Waals surface area contributed by atoms with Crippen LogP contribution in [0.4, 0.5) is 0 Å². The summed E-state index contributed by atoms with van der Waals surface area (Å²) in [6, 6.07) is 10.9. The van der Waals surface area contributed by atoms with Crippen LogP contribution < -0.4 is 15.7 Å². The lowest BCUT2D eigenvalue weighted by Crippen LogP contribution is -2.24. The summed E-state index contributed by atoms with van der Waals surface area (Å²) >= 11 is 0. The number of amides is 1. The first-order valence-electron chi connectivity index (χ1n) is 8.35. The number of nitrogens with one attached hydrogen (secondary N) is 1. The normalized spacial score (nSPS) is 10.7. The summed E-state index contributed by atoms with van der Waals surface area (Å²) in [6.45, 7) is 2.23. The van der Waals surface area contributed by atoms with E-state index in [1.807, 2.05) is 37.3 Å². The van der Waals surface area contributed by atoms with E-state index < -0.39 is 5.63 Å². The summed E-state index contributed by atoms with van der Waals surface area (Å²) in [5.74, 6) is 0.492. The first-order chi connectivity index (χ1) is 12.6. The predicted molar refractivity (Wildman–Crippen MR) is 98.2 cm³/mol. The molecule has 6 nitrogen and oxygen atoms in total. The van der Waals surface area contributed by atoms with Crippen molar-refractivity contribution in [2.75, 3.05) is 7.11 Å². The molecule has 0 spiro atoms. The molecule has 26 heavy (non-hydrogen) atoms. The van der Waals surface area contributed by atoms with Crippen molar-refractivity contribution < 1.29 is 13.9 Å². The minimum absolute atomic E-state index is 0.135. The molecule has 0 aliphatic carbocycles. The third-order valence-corrected chi connectivity index (χ3v) is 4.29. The Morgan fingerprint density at radius 3 is 2.85 bits per heavy atom. The molecule has 1 aromatic carbocycles. The van der Waals surface area contributed by atoms with Crippen molar-refractivity contribution in [1.29, 1.82) is 0 Å². The topological polar surface area (TPSA) is 81.4 Å². The number of aromatic nitrogens is 1. The molecule has 0 saturated heterocycles. The lowest BCUT2D eigenvalue weighted by atomic mass is 10.0. The van der Waals surface area contributed by atoms with Crippen LogP contribution in [0.5, 0.6) is 5.75 Å². The highest BCUT2D eigenvalue weighted by Gasteiger charge is 2.13. The number of fused-ring (bicyclic) bond motifs is 1. The molecular formula is C20H20N2O4. The van der Waals surface area contributed by atoms with Gasteiger partial charge >= 0.3 is 5.63 Å². The van der Waals surface area contributed by atoms with Crippen LogP contribution in [-0.2, 0) is 17.8 Å². The van der Waals surface area contributed by atoms with Crippen LogP contribution >= 0.6 is 0 Å². The molecule has 0 aliphatic heterocycles. The number of hydrogen-bond acceptors (Lipinski definition) is 5. The van der Waals surface area contributed by atoms with Crippen molar-refractivity contribution in [3.8, 4) is 5.75 Å². The fourth-order valence-electron chi connectivity index (χ4n) is 2.81. The number of carbonyl (C=O) groups is 1. The standard InChI is InChI=1S/C20H20N2O4/c1-13-16-7-6-15(25-2)11-18(16)26-20(24)17(13)8-9-19(23)22-12-14-5-3-4-10-21-14/h3-7,10-11H,8-9,12H2,1-2H3,(H,22,23). The Labute approximate surface area is 150 Å². The zero-order chi connectivity index (χ0) is 18.5. The zero-order valence-corrected chi connectivity index (χ0v) is 14.7. The van der Waals surface area contributed by atoms with Crippen LogP contribution in [0.1, 0.15) is 23.2 Å². The van der Waals surface area contributed by atoms with Crippen LogP contribution in [0.2, 0.25) is 0 Å². The van der Waals surface area contributed by atoms with Crippen LogP contribution in [0.15, 0.2) is 51.8 Å². The molecule has 0 atom stereocenters. The lowest BCUT2D eigenvalue weighted by molar-refractivity contribution is -0.121. The van der Waals surface area contributed by atoms with Gasteiger partial charge in [0.25, 0.3) is 0 Å². The maximum absolute atomic E-state index is 12.3. The number of hydrogen-bond donors (Lipinski definition) is 1. The van der Waals surface area contributed by atoms with E-state index in [9.17, 15) is 9.59 Å². The first-order valence-corrected chi connectivity index (χ1v) is 8.35. The van der Waals surface area contributed by atoms with E-state index in [4.69, 9.17) is 9.15 Å². The third kappa shape index (κ3) is 3.91. The van der Waals surface area contributed by atoms with Gasteiger partial charge in [0.15, 0.2) is 0 Å². The number of aryl methyl sites for hydroxylation is 1.